The summed E-state index contributed by atoms with van der Waals surface area (Å²) in [5, 5.41) is 17.1. The summed E-state index contributed by atoms with van der Waals surface area (Å²) in [6.07, 6.45) is 12.7. The van der Waals surface area contributed by atoms with Crippen LogP contribution in [0.5, 0.6) is 0 Å². The number of hydrogen-bond donors (Lipinski definition) is 2. The first-order valence-corrected chi connectivity index (χ1v) is 15.1. The predicted octanol–water partition coefficient (Wildman–Crippen LogP) is 5.99. The van der Waals surface area contributed by atoms with E-state index in [-0.39, 0.29) is 11.5 Å². The van der Waals surface area contributed by atoms with Crippen molar-refractivity contribution in [3.63, 3.8) is 0 Å². The lowest BCUT2D eigenvalue weighted by molar-refractivity contribution is 0.244. The molecule has 39 heavy (non-hydrogen) atoms. The summed E-state index contributed by atoms with van der Waals surface area (Å²) in [5.74, 6) is 2.41. The molecule has 4 heterocycles. The van der Waals surface area contributed by atoms with E-state index in [1.165, 1.54) is 49.8 Å². The van der Waals surface area contributed by atoms with Gasteiger partial charge in [0.1, 0.15) is 0 Å². The molecule has 3 aromatic rings. The minimum atomic E-state index is 0.0597. The summed E-state index contributed by atoms with van der Waals surface area (Å²) in [5.41, 5.74) is 11.5. The fourth-order valence-corrected chi connectivity index (χ4v) is 7.53. The molecule has 3 aliphatic carbocycles. The molecule has 0 aromatic carbocycles. The van der Waals surface area contributed by atoms with Gasteiger partial charge >= 0.3 is 0 Å². The maximum absolute atomic E-state index is 5.18. The van der Waals surface area contributed by atoms with Crippen LogP contribution in [-0.4, -0.2) is 30.9 Å². The first-order chi connectivity index (χ1) is 19.0. The molecule has 0 amide bonds. The molecule has 3 unspecified atom stereocenters. The van der Waals surface area contributed by atoms with Gasteiger partial charge in [0, 0.05) is 25.2 Å². The van der Waals surface area contributed by atoms with Crippen molar-refractivity contribution in [1.82, 2.24) is 35.0 Å². The lowest BCUT2D eigenvalue weighted by Gasteiger charge is -2.48. The van der Waals surface area contributed by atoms with Crippen molar-refractivity contribution in [2.45, 2.75) is 84.2 Å². The van der Waals surface area contributed by atoms with E-state index in [9.17, 15) is 0 Å². The number of hydrogen-bond acceptors (Lipinski definition) is 5. The maximum atomic E-state index is 5.18. The zero-order valence-corrected chi connectivity index (χ0v) is 23.6. The number of fused-ring (bicyclic) bond motifs is 2. The minimum absolute atomic E-state index is 0.0597. The van der Waals surface area contributed by atoms with Gasteiger partial charge in [-0.1, -0.05) is 26.2 Å². The summed E-state index contributed by atoms with van der Waals surface area (Å²) in [4.78, 5) is 5.16. The van der Waals surface area contributed by atoms with Crippen molar-refractivity contribution in [2.75, 3.05) is 6.54 Å². The Kier molecular flexibility index (Phi) is 5.96. The molecular formula is C32H41N7. The topological polar surface area (TPSA) is 72.1 Å². The van der Waals surface area contributed by atoms with E-state index in [0.29, 0.717) is 11.8 Å². The van der Waals surface area contributed by atoms with Crippen LogP contribution in [0.3, 0.4) is 0 Å². The van der Waals surface area contributed by atoms with Crippen molar-refractivity contribution < 1.29 is 0 Å². The van der Waals surface area contributed by atoms with Crippen LogP contribution in [0, 0.1) is 23.2 Å². The van der Waals surface area contributed by atoms with Gasteiger partial charge in [-0.25, -0.2) is 9.50 Å². The molecule has 2 N–H and O–H groups in total. The fraction of sp³-hybridized carbons (Fsp3) is 0.562. The molecule has 2 saturated carbocycles. The average molecular weight is 524 g/mol. The van der Waals surface area contributed by atoms with Gasteiger partial charge in [0.25, 0.3) is 0 Å². The van der Waals surface area contributed by atoms with Crippen molar-refractivity contribution in [1.29, 1.82) is 0 Å². The van der Waals surface area contributed by atoms with E-state index < -0.39 is 0 Å². The van der Waals surface area contributed by atoms with Crippen LogP contribution in [0.4, 0.5) is 0 Å². The van der Waals surface area contributed by atoms with E-state index in [1.807, 2.05) is 15.4 Å². The van der Waals surface area contributed by atoms with Gasteiger partial charge < -0.3 is 10.6 Å². The zero-order chi connectivity index (χ0) is 26.7. The lowest BCUT2D eigenvalue weighted by Crippen LogP contribution is -2.46. The normalized spacial score (nSPS) is 23.9. The number of aryl methyl sites for hydroxylation is 1. The molecule has 7 nitrogen and oxygen atoms in total. The van der Waals surface area contributed by atoms with Crippen molar-refractivity contribution in [3.8, 4) is 0 Å². The molecule has 0 radical (unpaired) electrons. The Balaban J connectivity index is 1.22. The Morgan fingerprint density at radius 3 is 2.67 bits per heavy atom. The molecule has 0 bridgehead atoms. The molecule has 204 valence electrons. The highest BCUT2D eigenvalue weighted by atomic mass is 15.3. The van der Waals surface area contributed by atoms with Gasteiger partial charge in [-0.3, -0.25) is 4.68 Å². The highest BCUT2D eigenvalue weighted by Crippen LogP contribution is 2.56. The van der Waals surface area contributed by atoms with E-state index in [1.54, 1.807) is 0 Å². The Morgan fingerprint density at radius 2 is 1.97 bits per heavy atom. The van der Waals surface area contributed by atoms with Crippen LogP contribution in [0.15, 0.2) is 54.2 Å². The molecule has 7 rings (SSSR count). The molecule has 7 heteroatoms. The largest absolute Gasteiger partial charge is 0.381 e. The van der Waals surface area contributed by atoms with E-state index in [2.05, 4.69) is 73.2 Å². The van der Waals surface area contributed by atoms with Crippen LogP contribution in [0.25, 0.3) is 11.3 Å². The van der Waals surface area contributed by atoms with E-state index in [4.69, 9.17) is 10.1 Å². The third-order valence-corrected chi connectivity index (χ3v) is 9.90. The summed E-state index contributed by atoms with van der Waals surface area (Å²) >= 11 is 0. The maximum Gasteiger partial charge on any atom is 0.153 e. The van der Waals surface area contributed by atoms with Gasteiger partial charge in [-0.2, -0.15) is 10.2 Å². The number of aromatic nitrogens is 5. The van der Waals surface area contributed by atoms with Crippen molar-refractivity contribution >= 4 is 11.3 Å². The second-order valence-electron chi connectivity index (χ2n) is 12.2. The Bertz CT molecular complexity index is 1460. The highest BCUT2D eigenvalue weighted by molar-refractivity contribution is 5.59. The van der Waals surface area contributed by atoms with Crippen LogP contribution < -0.4 is 10.6 Å². The standard InChI is InChI=1S/C32H41N7/c1-5-24-18-28-32(24,15-7-16-33-28)20(3)25-12-13-29-36-26(19-39(29)37-25)31(30(22-8-9-22)23-10-11-23)35-21(4)27-14-17-34-38(27)6-2/h12-14,17,19-20,22-23,30-31,33,35H,4-11,15-16H2,1-3H3. The Labute approximate surface area is 231 Å². The molecule has 1 saturated heterocycles. The van der Waals surface area contributed by atoms with Crippen LogP contribution in [-0.2, 0) is 6.54 Å². The lowest BCUT2D eigenvalue weighted by atomic mass is 9.58. The molecular weight excluding hydrogens is 482 g/mol. The average Bonchev–Trinajstić information content (AvgIpc) is 3.87. The molecule has 0 spiro atoms. The van der Waals surface area contributed by atoms with Crippen molar-refractivity contribution in [2.24, 2.45) is 23.2 Å². The first-order valence-electron chi connectivity index (χ1n) is 15.1. The Morgan fingerprint density at radius 1 is 1.18 bits per heavy atom. The van der Waals surface area contributed by atoms with Crippen LogP contribution >= 0.6 is 0 Å². The predicted molar refractivity (Wildman–Crippen MR) is 154 cm³/mol. The SMILES string of the molecule is C=C(NC(c1cn2nc(C(C)C34CCCNC3=C=C4CC)ccc2n1)C(C1CC1)C1CC1)c1ccnn1CC. The van der Waals surface area contributed by atoms with E-state index in [0.717, 1.165) is 59.8 Å². The number of imidazole rings is 1. The summed E-state index contributed by atoms with van der Waals surface area (Å²) < 4.78 is 4.03. The number of nitrogens with one attached hydrogen (secondary N) is 2. The Hall–Kier alpha value is -3.31. The van der Waals surface area contributed by atoms with E-state index >= 15 is 0 Å². The molecule has 3 atom stereocenters. The number of nitrogens with zero attached hydrogens (tertiary/aromatic N) is 5. The zero-order valence-electron chi connectivity index (χ0n) is 23.6. The van der Waals surface area contributed by atoms with Gasteiger partial charge in [-0.15, -0.1) is 0 Å². The van der Waals surface area contributed by atoms with Gasteiger partial charge in [0.05, 0.1) is 46.1 Å². The molecule has 1 aliphatic heterocycles. The number of rotatable bonds is 11. The quantitative estimate of drug-likeness (QED) is 0.302. The van der Waals surface area contributed by atoms with Crippen LogP contribution in [0.1, 0.15) is 94.8 Å². The third-order valence-electron chi connectivity index (χ3n) is 9.90. The summed E-state index contributed by atoms with van der Waals surface area (Å²) in [6, 6.07) is 6.54. The van der Waals surface area contributed by atoms with Gasteiger partial charge in [-0.05, 0) is 93.4 Å². The summed E-state index contributed by atoms with van der Waals surface area (Å²) in [7, 11) is 0. The smallest absolute Gasteiger partial charge is 0.153 e. The fourth-order valence-electron chi connectivity index (χ4n) is 7.53. The molecule has 3 fully saturated rings. The summed E-state index contributed by atoms with van der Waals surface area (Å²) in [6.45, 7) is 13.0. The first kappa shape index (κ1) is 24.7. The second kappa shape index (κ2) is 9.41. The second-order valence-corrected chi connectivity index (χ2v) is 12.2. The highest BCUT2D eigenvalue weighted by Gasteiger charge is 2.50. The van der Waals surface area contributed by atoms with Gasteiger partial charge in [0.15, 0.2) is 5.65 Å². The monoisotopic (exact) mass is 523 g/mol. The third kappa shape index (κ3) is 4.05. The molecule has 4 aliphatic rings. The van der Waals surface area contributed by atoms with Crippen LogP contribution in [0.2, 0.25) is 0 Å². The minimum Gasteiger partial charge on any atom is -0.381 e. The van der Waals surface area contributed by atoms with Crippen molar-refractivity contribution in [3.05, 3.63) is 71.3 Å². The number of piperidine rings is 1. The van der Waals surface area contributed by atoms with Gasteiger partial charge in [0.2, 0.25) is 0 Å². The molecule has 3 aromatic heterocycles.